The van der Waals surface area contributed by atoms with E-state index < -0.39 is 0 Å². The van der Waals surface area contributed by atoms with E-state index in [-0.39, 0.29) is 0 Å². The number of hydrogen-bond acceptors (Lipinski definition) is 4. The van der Waals surface area contributed by atoms with E-state index in [0.29, 0.717) is 24.2 Å². The molecule has 0 aliphatic carbocycles. The first kappa shape index (κ1) is 16.5. The molecule has 5 nitrogen and oxygen atoms in total. The van der Waals surface area contributed by atoms with Crippen LogP contribution in [0, 0.1) is 0 Å². The zero-order valence-corrected chi connectivity index (χ0v) is 14.0. The Morgan fingerprint density at radius 2 is 2.14 bits per heavy atom. The number of ether oxygens (including phenoxy) is 1. The zero-order chi connectivity index (χ0) is 15.4. The van der Waals surface area contributed by atoms with Gasteiger partial charge in [-0.15, -0.1) is 0 Å². The SMILES string of the molecule is CC(C)n1cc([C@H](C)NC[C@H](C)N2CCOC[C@@H]2C)cn1. The lowest BCUT2D eigenvalue weighted by atomic mass is 10.1. The molecule has 120 valence electrons. The molecule has 0 amide bonds. The van der Waals surface area contributed by atoms with Crippen molar-refractivity contribution in [1.82, 2.24) is 20.0 Å². The Kier molecular flexibility index (Phi) is 5.79. The van der Waals surface area contributed by atoms with Gasteiger partial charge >= 0.3 is 0 Å². The molecule has 1 fully saturated rings. The summed E-state index contributed by atoms with van der Waals surface area (Å²) in [6, 6.07) is 1.77. The van der Waals surface area contributed by atoms with Gasteiger partial charge in [-0.3, -0.25) is 9.58 Å². The van der Waals surface area contributed by atoms with Crippen LogP contribution in [-0.4, -0.2) is 53.1 Å². The predicted octanol–water partition coefficient (Wildman–Crippen LogP) is 2.22. The first-order valence-electron chi connectivity index (χ1n) is 8.10. The molecule has 0 radical (unpaired) electrons. The Morgan fingerprint density at radius 1 is 1.38 bits per heavy atom. The summed E-state index contributed by atoms with van der Waals surface area (Å²) in [6.07, 6.45) is 4.12. The minimum Gasteiger partial charge on any atom is -0.379 e. The van der Waals surface area contributed by atoms with E-state index in [1.807, 2.05) is 10.9 Å². The minimum absolute atomic E-state index is 0.330. The van der Waals surface area contributed by atoms with Crippen LogP contribution in [0.25, 0.3) is 0 Å². The van der Waals surface area contributed by atoms with Crippen molar-refractivity contribution >= 4 is 0 Å². The fraction of sp³-hybridized carbons (Fsp3) is 0.812. The summed E-state index contributed by atoms with van der Waals surface area (Å²) in [7, 11) is 0. The molecule has 1 saturated heterocycles. The molecular formula is C16H30N4O. The van der Waals surface area contributed by atoms with Crippen molar-refractivity contribution in [2.75, 3.05) is 26.3 Å². The molecule has 3 atom stereocenters. The van der Waals surface area contributed by atoms with E-state index in [1.165, 1.54) is 5.56 Å². The number of morpholine rings is 1. The van der Waals surface area contributed by atoms with E-state index in [1.54, 1.807) is 0 Å². The molecule has 0 saturated carbocycles. The van der Waals surface area contributed by atoms with E-state index in [4.69, 9.17) is 4.74 Å². The fourth-order valence-corrected chi connectivity index (χ4v) is 2.84. The van der Waals surface area contributed by atoms with Crippen LogP contribution >= 0.6 is 0 Å². The van der Waals surface area contributed by atoms with Crippen molar-refractivity contribution in [2.45, 2.75) is 58.8 Å². The highest BCUT2D eigenvalue weighted by Gasteiger charge is 2.23. The topological polar surface area (TPSA) is 42.3 Å². The molecule has 1 aliphatic rings. The maximum absolute atomic E-state index is 5.51. The smallest absolute Gasteiger partial charge is 0.0619 e. The summed E-state index contributed by atoms with van der Waals surface area (Å²) >= 11 is 0. The molecule has 2 rings (SSSR count). The molecule has 0 unspecified atom stereocenters. The third-order valence-electron chi connectivity index (χ3n) is 4.36. The number of aromatic nitrogens is 2. The van der Waals surface area contributed by atoms with Crippen molar-refractivity contribution < 1.29 is 4.74 Å². The molecular weight excluding hydrogens is 264 g/mol. The predicted molar refractivity (Wildman–Crippen MR) is 85.5 cm³/mol. The Labute approximate surface area is 128 Å². The van der Waals surface area contributed by atoms with Crippen LogP contribution in [0.15, 0.2) is 12.4 Å². The highest BCUT2D eigenvalue weighted by molar-refractivity contribution is 5.09. The number of hydrogen-bond donors (Lipinski definition) is 1. The lowest BCUT2D eigenvalue weighted by molar-refractivity contribution is -0.0184. The normalized spacial score (nSPS) is 23.4. The molecule has 1 aromatic rings. The third-order valence-corrected chi connectivity index (χ3v) is 4.36. The molecule has 0 spiro atoms. The van der Waals surface area contributed by atoms with Crippen molar-refractivity contribution in [3.8, 4) is 0 Å². The van der Waals surface area contributed by atoms with Gasteiger partial charge in [0.1, 0.15) is 0 Å². The summed E-state index contributed by atoms with van der Waals surface area (Å²) in [5.74, 6) is 0. The van der Waals surface area contributed by atoms with E-state index in [2.05, 4.69) is 56.1 Å². The fourth-order valence-electron chi connectivity index (χ4n) is 2.84. The van der Waals surface area contributed by atoms with Crippen molar-refractivity contribution in [3.05, 3.63) is 18.0 Å². The number of nitrogens with one attached hydrogen (secondary N) is 1. The lowest BCUT2D eigenvalue weighted by Gasteiger charge is -2.38. The third kappa shape index (κ3) is 4.28. The number of rotatable bonds is 6. The van der Waals surface area contributed by atoms with E-state index in [0.717, 1.165) is 26.3 Å². The summed E-state index contributed by atoms with van der Waals surface area (Å²) in [5.41, 5.74) is 1.26. The van der Waals surface area contributed by atoms with Gasteiger partial charge in [0.05, 0.1) is 19.4 Å². The first-order chi connectivity index (χ1) is 9.99. The van der Waals surface area contributed by atoms with Gasteiger partial charge in [0.25, 0.3) is 0 Å². The molecule has 5 heteroatoms. The molecule has 1 aliphatic heterocycles. The molecule has 21 heavy (non-hydrogen) atoms. The quantitative estimate of drug-likeness (QED) is 0.873. The van der Waals surface area contributed by atoms with Crippen LogP contribution in [0.2, 0.25) is 0 Å². The van der Waals surface area contributed by atoms with Gasteiger partial charge in [0.2, 0.25) is 0 Å². The van der Waals surface area contributed by atoms with Crippen LogP contribution in [0.4, 0.5) is 0 Å². The van der Waals surface area contributed by atoms with E-state index in [9.17, 15) is 0 Å². The minimum atomic E-state index is 0.330. The maximum Gasteiger partial charge on any atom is 0.0619 e. The molecule has 1 N–H and O–H groups in total. The maximum atomic E-state index is 5.51. The highest BCUT2D eigenvalue weighted by Crippen LogP contribution is 2.15. The van der Waals surface area contributed by atoms with Gasteiger partial charge < -0.3 is 10.1 Å². The van der Waals surface area contributed by atoms with Crippen molar-refractivity contribution in [3.63, 3.8) is 0 Å². The molecule has 0 aromatic carbocycles. The van der Waals surface area contributed by atoms with Gasteiger partial charge in [0.15, 0.2) is 0 Å². The molecule has 1 aromatic heterocycles. The van der Waals surface area contributed by atoms with E-state index >= 15 is 0 Å². The summed E-state index contributed by atoms with van der Waals surface area (Å²) in [5, 5.41) is 8.05. The monoisotopic (exact) mass is 294 g/mol. The summed E-state index contributed by atoms with van der Waals surface area (Å²) < 4.78 is 7.52. The van der Waals surface area contributed by atoms with Crippen LogP contribution in [0.3, 0.4) is 0 Å². The summed E-state index contributed by atoms with van der Waals surface area (Å²) in [6.45, 7) is 14.8. The van der Waals surface area contributed by atoms with Crippen LogP contribution in [-0.2, 0) is 4.74 Å². The van der Waals surface area contributed by atoms with Gasteiger partial charge in [-0.05, 0) is 34.6 Å². The second-order valence-electron chi connectivity index (χ2n) is 6.49. The Morgan fingerprint density at radius 3 is 2.76 bits per heavy atom. The molecule has 0 bridgehead atoms. The highest BCUT2D eigenvalue weighted by atomic mass is 16.5. The number of nitrogens with zero attached hydrogens (tertiary/aromatic N) is 3. The second-order valence-corrected chi connectivity index (χ2v) is 6.49. The first-order valence-corrected chi connectivity index (χ1v) is 8.10. The van der Waals surface area contributed by atoms with Gasteiger partial charge in [-0.25, -0.2) is 0 Å². The van der Waals surface area contributed by atoms with Crippen LogP contribution in [0.1, 0.15) is 52.3 Å². The second kappa shape index (κ2) is 7.38. The Hall–Kier alpha value is -0.910. The van der Waals surface area contributed by atoms with Gasteiger partial charge in [0, 0.05) is 49.0 Å². The largest absolute Gasteiger partial charge is 0.379 e. The van der Waals surface area contributed by atoms with Crippen molar-refractivity contribution in [1.29, 1.82) is 0 Å². The van der Waals surface area contributed by atoms with Crippen LogP contribution in [0.5, 0.6) is 0 Å². The Balaban J connectivity index is 1.83. The Bertz CT molecular complexity index is 432. The van der Waals surface area contributed by atoms with Gasteiger partial charge in [-0.1, -0.05) is 0 Å². The van der Waals surface area contributed by atoms with Crippen LogP contribution < -0.4 is 5.32 Å². The standard InChI is InChI=1S/C16H30N4O/c1-12(2)20-10-16(9-18-20)15(5)17-8-13(3)19-6-7-21-11-14(19)4/h9-10,12-15,17H,6-8,11H2,1-5H3/t13-,14-,15-/m0/s1. The average molecular weight is 294 g/mol. The molecule has 2 heterocycles. The zero-order valence-electron chi connectivity index (χ0n) is 14.0. The average Bonchev–Trinajstić information content (AvgIpc) is 2.95. The summed E-state index contributed by atoms with van der Waals surface area (Å²) in [4.78, 5) is 2.53. The van der Waals surface area contributed by atoms with Crippen molar-refractivity contribution in [2.24, 2.45) is 0 Å². The lowest BCUT2D eigenvalue weighted by Crippen LogP contribution is -2.51. The van der Waals surface area contributed by atoms with Gasteiger partial charge in [-0.2, -0.15) is 5.10 Å².